The van der Waals surface area contributed by atoms with Crippen LogP contribution in [0.15, 0.2) is 36.5 Å². The number of hydrogen-bond acceptors (Lipinski definition) is 5. The van der Waals surface area contributed by atoms with Crippen LogP contribution in [0.5, 0.6) is 0 Å². The van der Waals surface area contributed by atoms with Crippen molar-refractivity contribution in [2.45, 2.75) is 25.8 Å². The number of aromatic nitrogens is 2. The van der Waals surface area contributed by atoms with Gasteiger partial charge in [0, 0.05) is 60.4 Å². The summed E-state index contributed by atoms with van der Waals surface area (Å²) in [6.45, 7) is 6.70. The number of benzene rings is 2. The van der Waals surface area contributed by atoms with E-state index in [2.05, 4.69) is 32.2 Å². The molecular formula is C24H26FN5O2S. The summed E-state index contributed by atoms with van der Waals surface area (Å²) in [5.74, 6) is -0.222. The molecule has 33 heavy (non-hydrogen) atoms. The maximum absolute atomic E-state index is 15.5. The average Bonchev–Trinajstić information content (AvgIpc) is 3.59. The first-order chi connectivity index (χ1) is 16.0. The Balaban J connectivity index is 1.53. The van der Waals surface area contributed by atoms with Crippen LogP contribution in [-0.4, -0.2) is 55.6 Å². The van der Waals surface area contributed by atoms with E-state index in [1.807, 2.05) is 12.1 Å². The van der Waals surface area contributed by atoms with Crippen LogP contribution >= 0.6 is 0 Å². The molecule has 2 fully saturated rings. The van der Waals surface area contributed by atoms with Crippen molar-refractivity contribution in [1.29, 1.82) is 0 Å². The molecule has 1 saturated carbocycles. The Hall–Kier alpha value is -2.91. The number of fused-ring (bicyclic) bond motifs is 5. The molecule has 2 aromatic rings. The molecule has 6 rings (SSSR count). The fraction of sp³-hybridized carbons (Fsp3) is 0.375. The highest BCUT2D eigenvalue weighted by molar-refractivity contribution is 7.73. The van der Waals surface area contributed by atoms with Crippen molar-refractivity contribution in [2.24, 2.45) is 0 Å². The SMILES string of the molecule is CCN1CCN(c2cc3c(cc2F)c2nc4ccc(N[SH](=O)=O)cc4c-2cn3C2CC2)CC1. The van der Waals surface area contributed by atoms with E-state index in [9.17, 15) is 8.42 Å². The number of rotatable bonds is 5. The molecule has 3 heterocycles. The molecule has 9 heteroatoms. The topological polar surface area (TPSA) is 70.5 Å². The van der Waals surface area contributed by atoms with Crippen LogP contribution in [0.25, 0.3) is 33.1 Å². The summed E-state index contributed by atoms with van der Waals surface area (Å²) in [6, 6.07) is 9.34. The van der Waals surface area contributed by atoms with Gasteiger partial charge in [-0.25, -0.2) is 17.8 Å². The van der Waals surface area contributed by atoms with Gasteiger partial charge in [0.05, 0.1) is 22.4 Å². The number of anilines is 2. The van der Waals surface area contributed by atoms with Crippen LogP contribution in [0.1, 0.15) is 25.8 Å². The molecule has 0 bridgehead atoms. The van der Waals surface area contributed by atoms with E-state index in [1.54, 1.807) is 18.2 Å². The lowest BCUT2D eigenvalue weighted by Crippen LogP contribution is -2.46. The summed E-state index contributed by atoms with van der Waals surface area (Å²) >= 11 is 0. The minimum Gasteiger partial charge on any atom is -0.367 e. The molecule has 7 nitrogen and oxygen atoms in total. The summed E-state index contributed by atoms with van der Waals surface area (Å²) in [4.78, 5) is 9.35. The summed E-state index contributed by atoms with van der Waals surface area (Å²) in [5.41, 5.74) is 4.60. The van der Waals surface area contributed by atoms with Crippen molar-refractivity contribution in [1.82, 2.24) is 14.5 Å². The van der Waals surface area contributed by atoms with Crippen LogP contribution in [-0.2, 0) is 10.9 Å². The number of halogens is 1. The van der Waals surface area contributed by atoms with Gasteiger partial charge in [-0.1, -0.05) is 6.92 Å². The van der Waals surface area contributed by atoms with Crippen molar-refractivity contribution in [3.63, 3.8) is 0 Å². The zero-order valence-corrected chi connectivity index (χ0v) is 19.3. The summed E-state index contributed by atoms with van der Waals surface area (Å²) in [5, 5.41) is 1.66. The maximum atomic E-state index is 15.5. The first-order valence-corrected chi connectivity index (χ1v) is 12.7. The van der Waals surface area contributed by atoms with Crippen LogP contribution < -0.4 is 9.62 Å². The second-order valence-electron chi connectivity index (χ2n) is 8.98. The van der Waals surface area contributed by atoms with Gasteiger partial charge in [-0.15, -0.1) is 0 Å². The number of likely N-dealkylation sites (N-methyl/N-ethyl adjacent to an activating group) is 1. The second-order valence-corrected chi connectivity index (χ2v) is 9.72. The first kappa shape index (κ1) is 20.7. The Kier molecular flexibility index (Phi) is 4.92. The van der Waals surface area contributed by atoms with Crippen molar-refractivity contribution in [3.05, 3.63) is 42.3 Å². The van der Waals surface area contributed by atoms with E-state index in [0.717, 1.165) is 78.6 Å². The fourth-order valence-corrected chi connectivity index (χ4v) is 5.38. The third-order valence-corrected chi connectivity index (χ3v) is 7.40. The van der Waals surface area contributed by atoms with Crippen LogP contribution in [0.2, 0.25) is 0 Å². The highest BCUT2D eigenvalue weighted by atomic mass is 32.2. The largest absolute Gasteiger partial charge is 0.367 e. The molecular weight excluding hydrogens is 441 g/mol. The molecule has 3 aliphatic heterocycles. The summed E-state index contributed by atoms with van der Waals surface area (Å²) in [7, 11) is -2.75. The molecule has 4 aliphatic rings. The van der Waals surface area contributed by atoms with Crippen molar-refractivity contribution < 1.29 is 12.8 Å². The first-order valence-electron chi connectivity index (χ1n) is 11.5. The van der Waals surface area contributed by atoms with Gasteiger partial charge >= 0.3 is 0 Å². The van der Waals surface area contributed by atoms with Crippen molar-refractivity contribution >= 4 is 44.1 Å². The zero-order valence-electron chi connectivity index (χ0n) is 18.4. The minimum absolute atomic E-state index is 0.222. The lowest BCUT2D eigenvalue weighted by atomic mass is 10.0. The number of nitrogens with zero attached hydrogens (tertiary/aromatic N) is 4. The smallest absolute Gasteiger partial charge is 0.222 e. The molecule has 1 saturated heterocycles. The summed E-state index contributed by atoms with van der Waals surface area (Å²) < 4.78 is 42.4. The molecule has 1 N–H and O–H groups in total. The van der Waals surface area contributed by atoms with E-state index < -0.39 is 10.9 Å². The fourth-order valence-electron chi connectivity index (χ4n) is 5.03. The molecule has 0 spiro atoms. The number of pyridine rings is 1. The van der Waals surface area contributed by atoms with Gasteiger partial charge in [-0.05, 0) is 49.7 Å². The predicted molar refractivity (Wildman–Crippen MR) is 130 cm³/mol. The van der Waals surface area contributed by atoms with Crippen LogP contribution in [0, 0.1) is 5.82 Å². The van der Waals surface area contributed by atoms with Crippen LogP contribution in [0.4, 0.5) is 15.8 Å². The van der Waals surface area contributed by atoms with Gasteiger partial charge in [-0.3, -0.25) is 4.72 Å². The third-order valence-electron chi connectivity index (χ3n) is 6.96. The second kappa shape index (κ2) is 7.85. The van der Waals surface area contributed by atoms with E-state index in [1.165, 1.54) is 0 Å². The van der Waals surface area contributed by atoms with Crippen molar-refractivity contribution in [2.75, 3.05) is 42.3 Å². The molecule has 172 valence electrons. The quantitative estimate of drug-likeness (QED) is 0.437. The molecule has 0 radical (unpaired) electrons. The van der Waals surface area contributed by atoms with Crippen molar-refractivity contribution in [3.8, 4) is 11.3 Å². The Labute approximate surface area is 193 Å². The molecule has 0 atom stereocenters. The Morgan fingerprint density at radius 2 is 1.88 bits per heavy atom. The monoisotopic (exact) mass is 467 g/mol. The lowest BCUT2D eigenvalue weighted by Gasteiger charge is -2.35. The van der Waals surface area contributed by atoms with E-state index in [4.69, 9.17) is 4.98 Å². The zero-order chi connectivity index (χ0) is 22.7. The van der Waals surface area contributed by atoms with E-state index in [-0.39, 0.29) is 5.82 Å². The van der Waals surface area contributed by atoms with Gasteiger partial charge in [0.1, 0.15) is 5.82 Å². The Morgan fingerprint density at radius 1 is 1.09 bits per heavy atom. The minimum atomic E-state index is -2.75. The van der Waals surface area contributed by atoms with Gasteiger partial charge < -0.3 is 14.4 Å². The van der Waals surface area contributed by atoms with Gasteiger partial charge in [0.15, 0.2) is 0 Å². The van der Waals surface area contributed by atoms with Gasteiger partial charge in [0.2, 0.25) is 10.9 Å². The number of nitrogens with one attached hydrogen (secondary N) is 1. The molecule has 1 aliphatic carbocycles. The van der Waals surface area contributed by atoms with E-state index >= 15 is 4.39 Å². The maximum Gasteiger partial charge on any atom is 0.222 e. The predicted octanol–water partition coefficient (Wildman–Crippen LogP) is 3.85. The lowest BCUT2D eigenvalue weighted by molar-refractivity contribution is 0.270. The standard InChI is InChI=1S/C24H26FN5O2S/c1-2-28-7-9-29(10-8-28)23-13-22-18(12-20(23)25)24-19(14-30(22)16-4-5-16)17-11-15(27-33(31)32)3-6-21(17)26-24/h3,6,11-14,16,33H,2,4-5,7-10H2,1H3,(H,27,31,32). The number of hydrogen-bond donors (Lipinski definition) is 2. The van der Waals surface area contributed by atoms with Crippen LogP contribution in [0.3, 0.4) is 0 Å². The Morgan fingerprint density at radius 3 is 2.58 bits per heavy atom. The highest BCUT2D eigenvalue weighted by Crippen LogP contribution is 2.44. The van der Waals surface area contributed by atoms with Gasteiger partial charge in [-0.2, -0.15) is 0 Å². The van der Waals surface area contributed by atoms with Gasteiger partial charge in [0.25, 0.3) is 0 Å². The summed E-state index contributed by atoms with van der Waals surface area (Å²) in [6.07, 6.45) is 4.31. The third kappa shape index (κ3) is 3.59. The molecule has 2 aromatic carbocycles. The average molecular weight is 468 g/mol. The highest BCUT2D eigenvalue weighted by Gasteiger charge is 2.29. The van der Waals surface area contributed by atoms with E-state index in [0.29, 0.717) is 17.4 Å². The molecule has 0 unspecified atom stereocenters. The number of thiol groups is 1. The number of piperazine rings is 1. The normalized spacial score (nSPS) is 17.6. The molecule has 0 amide bonds. The Bertz CT molecular complexity index is 1410. The molecule has 0 aromatic heterocycles.